The molecule has 3 N–H and O–H groups in total. The van der Waals surface area contributed by atoms with Gasteiger partial charge in [0.15, 0.2) is 11.9 Å². The first-order chi connectivity index (χ1) is 17.7. The van der Waals surface area contributed by atoms with Gasteiger partial charge >= 0.3 is 11.9 Å². The zero-order valence-corrected chi connectivity index (χ0v) is 22.8. The number of carbonyl (C=O) groups excluding carboxylic acids is 2. The first kappa shape index (κ1) is 30.5. The summed E-state index contributed by atoms with van der Waals surface area (Å²) in [7, 11) is 0. The van der Waals surface area contributed by atoms with Crippen LogP contribution in [-0.2, 0) is 14.3 Å². The fourth-order valence-electron chi connectivity index (χ4n) is 4.61. The van der Waals surface area contributed by atoms with Crippen molar-refractivity contribution in [2.75, 3.05) is 24.6 Å². The fourth-order valence-corrected chi connectivity index (χ4v) is 4.61. The number of ether oxygens (including phenoxy) is 2. The van der Waals surface area contributed by atoms with Gasteiger partial charge in [0, 0.05) is 18.8 Å². The van der Waals surface area contributed by atoms with E-state index in [1.807, 2.05) is 12.1 Å². The van der Waals surface area contributed by atoms with Crippen molar-refractivity contribution in [3.63, 3.8) is 0 Å². The SMILES string of the molecule is CCCCC(CC)CN(CC(CC)CCCC)c1ccc(C(=O)OC[C@H](O)[C@H]2OC(=O)C(O)=C2O)cc1. The van der Waals surface area contributed by atoms with Crippen molar-refractivity contribution in [2.24, 2.45) is 11.8 Å². The van der Waals surface area contributed by atoms with Crippen LogP contribution in [0.3, 0.4) is 0 Å². The van der Waals surface area contributed by atoms with Crippen molar-refractivity contribution >= 4 is 17.6 Å². The van der Waals surface area contributed by atoms with Gasteiger partial charge in [-0.25, -0.2) is 9.59 Å². The minimum absolute atomic E-state index is 0.331. The molecular weight excluding hydrogens is 474 g/mol. The van der Waals surface area contributed by atoms with Crippen molar-refractivity contribution in [1.29, 1.82) is 0 Å². The van der Waals surface area contributed by atoms with Gasteiger partial charge in [0.25, 0.3) is 0 Å². The van der Waals surface area contributed by atoms with Crippen molar-refractivity contribution in [3.05, 3.63) is 41.3 Å². The number of aliphatic hydroxyl groups is 3. The number of nitrogens with zero attached hydrogens (tertiary/aromatic N) is 1. The smallest absolute Gasteiger partial charge is 0.377 e. The number of hydrogen-bond donors (Lipinski definition) is 3. The van der Waals surface area contributed by atoms with Crippen LogP contribution in [0, 0.1) is 11.8 Å². The van der Waals surface area contributed by atoms with Crippen LogP contribution in [0.1, 0.15) is 89.4 Å². The normalized spacial score (nSPS) is 17.9. The van der Waals surface area contributed by atoms with E-state index in [2.05, 4.69) is 32.6 Å². The summed E-state index contributed by atoms with van der Waals surface area (Å²) in [5, 5.41) is 29.2. The van der Waals surface area contributed by atoms with Gasteiger partial charge in [0.2, 0.25) is 5.76 Å². The largest absolute Gasteiger partial charge is 0.505 e. The molecule has 0 bridgehead atoms. The van der Waals surface area contributed by atoms with Gasteiger partial charge in [-0.1, -0.05) is 66.2 Å². The molecule has 0 aromatic heterocycles. The van der Waals surface area contributed by atoms with Crippen molar-refractivity contribution in [2.45, 2.75) is 91.3 Å². The summed E-state index contributed by atoms with van der Waals surface area (Å²) in [5.74, 6) is -2.26. The van der Waals surface area contributed by atoms with E-state index in [1.165, 1.54) is 38.5 Å². The molecular formula is C29H45NO7. The lowest BCUT2D eigenvalue weighted by Crippen LogP contribution is -2.34. The van der Waals surface area contributed by atoms with E-state index in [1.54, 1.807) is 12.1 Å². The first-order valence-electron chi connectivity index (χ1n) is 13.8. The Balaban J connectivity index is 2.07. The third kappa shape index (κ3) is 8.95. The van der Waals surface area contributed by atoms with Gasteiger partial charge in [-0.2, -0.15) is 0 Å². The predicted octanol–water partition coefficient (Wildman–Crippen LogP) is 5.70. The second-order valence-electron chi connectivity index (χ2n) is 10.0. The molecule has 0 amide bonds. The number of cyclic esters (lactones) is 1. The van der Waals surface area contributed by atoms with Crippen LogP contribution < -0.4 is 4.90 Å². The van der Waals surface area contributed by atoms with Gasteiger partial charge in [-0.05, 0) is 48.9 Å². The number of esters is 2. The van der Waals surface area contributed by atoms with Gasteiger partial charge < -0.3 is 29.7 Å². The number of unbranched alkanes of at least 4 members (excludes halogenated alkanes) is 2. The zero-order valence-electron chi connectivity index (χ0n) is 22.8. The summed E-state index contributed by atoms with van der Waals surface area (Å²) in [6.45, 7) is 10.4. The van der Waals surface area contributed by atoms with E-state index in [4.69, 9.17) is 9.47 Å². The summed E-state index contributed by atoms with van der Waals surface area (Å²) in [6, 6.07) is 7.32. The minimum Gasteiger partial charge on any atom is -0.505 e. The van der Waals surface area contributed by atoms with Gasteiger partial charge in [0.1, 0.15) is 12.7 Å². The highest BCUT2D eigenvalue weighted by Crippen LogP contribution is 2.25. The molecule has 8 heteroatoms. The number of anilines is 1. The summed E-state index contributed by atoms with van der Waals surface area (Å²) in [6.07, 6.45) is 6.55. The van der Waals surface area contributed by atoms with Crippen molar-refractivity contribution in [1.82, 2.24) is 0 Å². The Morgan fingerprint density at radius 3 is 1.95 bits per heavy atom. The number of hydrogen-bond acceptors (Lipinski definition) is 8. The van der Waals surface area contributed by atoms with E-state index < -0.39 is 42.3 Å². The van der Waals surface area contributed by atoms with Crippen LogP contribution in [0.15, 0.2) is 35.8 Å². The molecule has 1 aliphatic heterocycles. The van der Waals surface area contributed by atoms with Crippen molar-refractivity contribution in [3.8, 4) is 0 Å². The maximum Gasteiger partial charge on any atom is 0.377 e. The summed E-state index contributed by atoms with van der Waals surface area (Å²) < 4.78 is 9.86. The van der Waals surface area contributed by atoms with Crippen molar-refractivity contribution < 1.29 is 34.4 Å². The Morgan fingerprint density at radius 1 is 0.973 bits per heavy atom. The highest BCUT2D eigenvalue weighted by atomic mass is 16.6. The molecule has 1 aliphatic rings. The lowest BCUT2D eigenvalue weighted by Gasteiger charge is -2.32. The monoisotopic (exact) mass is 519 g/mol. The molecule has 0 saturated carbocycles. The van der Waals surface area contributed by atoms with E-state index >= 15 is 0 Å². The number of carbonyl (C=O) groups is 2. The van der Waals surface area contributed by atoms with E-state index in [-0.39, 0.29) is 0 Å². The Kier molecular flexibility index (Phi) is 12.8. The highest BCUT2D eigenvalue weighted by molar-refractivity contribution is 5.90. The first-order valence-corrected chi connectivity index (χ1v) is 13.8. The number of benzene rings is 1. The molecule has 2 unspecified atom stereocenters. The quantitative estimate of drug-likeness (QED) is 0.225. The second kappa shape index (κ2) is 15.5. The van der Waals surface area contributed by atoms with Crippen LogP contribution in [0.5, 0.6) is 0 Å². The standard InChI is InChI=1S/C29H45NO7/c1-5-9-11-20(7-3)17-30(18-21(8-4)12-10-6-2)23-15-13-22(14-16-23)28(34)36-19-24(31)27-25(32)26(33)29(35)37-27/h13-16,20-21,24,27,31-33H,5-12,17-19H2,1-4H3/t20?,21?,24-,27+/m0/s1. The van der Waals surface area contributed by atoms with Gasteiger partial charge in [0.05, 0.1) is 5.56 Å². The molecule has 0 aliphatic carbocycles. The lowest BCUT2D eigenvalue weighted by molar-refractivity contribution is -0.147. The summed E-state index contributed by atoms with van der Waals surface area (Å²) in [5.41, 5.74) is 1.41. The Labute approximate surface area is 221 Å². The molecule has 8 nitrogen and oxygen atoms in total. The van der Waals surface area contributed by atoms with Gasteiger partial charge in [-0.15, -0.1) is 0 Å². The average Bonchev–Trinajstić information content (AvgIpc) is 3.17. The third-order valence-electron chi connectivity index (χ3n) is 7.19. The Hall–Kier alpha value is -2.74. The zero-order chi connectivity index (χ0) is 27.4. The van der Waals surface area contributed by atoms with E-state index in [0.717, 1.165) is 31.6 Å². The summed E-state index contributed by atoms with van der Waals surface area (Å²) in [4.78, 5) is 26.3. The van der Waals surface area contributed by atoms with Gasteiger partial charge in [-0.3, -0.25) is 0 Å². The second-order valence-corrected chi connectivity index (χ2v) is 10.0. The lowest BCUT2D eigenvalue weighted by atomic mass is 9.95. The number of aliphatic hydroxyl groups excluding tert-OH is 3. The van der Waals surface area contributed by atoms with Crippen LogP contribution >= 0.6 is 0 Å². The molecule has 208 valence electrons. The molecule has 0 radical (unpaired) electrons. The number of rotatable bonds is 17. The minimum atomic E-state index is -1.50. The summed E-state index contributed by atoms with van der Waals surface area (Å²) >= 11 is 0. The average molecular weight is 520 g/mol. The van der Waals surface area contributed by atoms with Crippen LogP contribution in [0.25, 0.3) is 0 Å². The van der Waals surface area contributed by atoms with Crippen LogP contribution in [0.2, 0.25) is 0 Å². The molecule has 37 heavy (non-hydrogen) atoms. The molecule has 4 atom stereocenters. The van der Waals surface area contributed by atoms with E-state index in [9.17, 15) is 24.9 Å². The molecule has 2 rings (SSSR count). The van der Waals surface area contributed by atoms with E-state index in [0.29, 0.717) is 17.4 Å². The molecule has 1 aromatic carbocycles. The maximum atomic E-state index is 12.6. The molecule has 0 spiro atoms. The predicted molar refractivity (Wildman–Crippen MR) is 144 cm³/mol. The topological polar surface area (TPSA) is 117 Å². The molecule has 0 fully saturated rings. The molecule has 1 aromatic rings. The molecule has 0 saturated heterocycles. The fraction of sp³-hybridized carbons (Fsp3) is 0.655. The molecule has 1 heterocycles. The van der Waals surface area contributed by atoms with Crippen LogP contribution in [0.4, 0.5) is 5.69 Å². The third-order valence-corrected chi connectivity index (χ3v) is 7.19. The maximum absolute atomic E-state index is 12.6. The Bertz CT molecular complexity index is 865. The van der Waals surface area contributed by atoms with Crippen LogP contribution in [-0.4, -0.2) is 59.2 Å². The Morgan fingerprint density at radius 2 is 1.51 bits per heavy atom. The highest BCUT2D eigenvalue weighted by Gasteiger charge is 2.39.